The van der Waals surface area contributed by atoms with E-state index in [1.54, 1.807) is 0 Å². The van der Waals surface area contributed by atoms with Gasteiger partial charge in [0.05, 0.1) is 0 Å². The number of hydrogen-bond acceptors (Lipinski definition) is 5. The summed E-state index contributed by atoms with van der Waals surface area (Å²) < 4.78 is 10.1. The number of carbonyl (C=O) groups is 1. The van der Waals surface area contributed by atoms with Crippen molar-refractivity contribution in [3.63, 3.8) is 0 Å². The maximum Gasteiger partial charge on any atom is 0.329 e. The molecule has 1 heterocycles. The first-order valence-corrected chi connectivity index (χ1v) is 4.75. The lowest BCUT2D eigenvalue weighted by Crippen LogP contribution is -2.06. The fourth-order valence-electron chi connectivity index (χ4n) is 0.924. The average Bonchev–Trinajstić information content (AvgIpc) is 2.65. The van der Waals surface area contributed by atoms with Crippen molar-refractivity contribution in [2.75, 3.05) is 6.61 Å². The van der Waals surface area contributed by atoms with Crippen molar-refractivity contribution in [3.8, 4) is 0 Å². The van der Waals surface area contributed by atoms with Crippen LogP contribution in [0.15, 0.2) is 4.42 Å². The minimum Gasteiger partial charge on any atom is -0.480 e. The smallest absolute Gasteiger partial charge is 0.329 e. The number of aromatic nitrogens is 2. The second-order valence-electron chi connectivity index (χ2n) is 3.23. The van der Waals surface area contributed by atoms with Crippen LogP contribution < -0.4 is 0 Å². The fourth-order valence-corrected chi connectivity index (χ4v) is 0.924. The standard InChI is InChI=1S/C9H14N2O4/c1-3-6(2)9-11-10-7(15-9)4-14-5-8(12)13/h6H,3-5H2,1-2H3,(H,12,13). The van der Waals surface area contributed by atoms with E-state index in [1.807, 2.05) is 13.8 Å². The van der Waals surface area contributed by atoms with Crippen molar-refractivity contribution in [2.45, 2.75) is 32.8 Å². The molecule has 1 aromatic heterocycles. The summed E-state index contributed by atoms with van der Waals surface area (Å²) in [4.78, 5) is 10.2. The fraction of sp³-hybridized carbons (Fsp3) is 0.667. The van der Waals surface area contributed by atoms with Crippen molar-refractivity contribution >= 4 is 5.97 Å². The predicted molar refractivity (Wildman–Crippen MR) is 50.3 cm³/mol. The Morgan fingerprint density at radius 2 is 2.33 bits per heavy atom. The van der Waals surface area contributed by atoms with Crippen LogP contribution in [0.25, 0.3) is 0 Å². The van der Waals surface area contributed by atoms with E-state index in [4.69, 9.17) is 14.3 Å². The molecule has 15 heavy (non-hydrogen) atoms. The summed E-state index contributed by atoms with van der Waals surface area (Å²) in [6.45, 7) is 3.68. The first kappa shape index (κ1) is 11.6. The Morgan fingerprint density at radius 1 is 1.60 bits per heavy atom. The van der Waals surface area contributed by atoms with Gasteiger partial charge in [0.2, 0.25) is 11.8 Å². The highest BCUT2D eigenvalue weighted by molar-refractivity contribution is 5.67. The summed E-state index contributed by atoms with van der Waals surface area (Å²) in [5.74, 6) is 0.0698. The van der Waals surface area contributed by atoms with E-state index in [-0.39, 0.29) is 19.1 Å². The molecule has 6 nitrogen and oxygen atoms in total. The van der Waals surface area contributed by atoms with Crippen LogP contribution in [0.1, 0.15) is 38.0 Å². The van der Waals surface area contributed by atoms with Crippen LogP contribution in [0.2, 0.25) is 0 Å². The number of aliphatic carboxylic acids is 1. The van der Waals surface area contributed by atoms with Gasteiger partial charge in [-0.05, 0) is 6.42 Å². The van der Waals surface area contributed by atoms with Crippen molar-refractivity contribution in [2.24, 2.45) is 0 Å². The van der Waals surface area contributed by atoms with Crippen molar-refractivity contribution in [3.05, 3.63) is 11.8 Å². The van der Waals surface area contributed by atoms with Crippen molar-refractivity contribution in [1.29, 1.82) is 0 Å². The first-order valence-electron chi connectivity index (χ1n) is 4.75. The SMILES string of the molecule is CCC(C)c1nnc(COCC(=O)O)o1. The summed E-state index contributed by atoms with van der Waals surface area (Å²) in [6, 6.07) is 0. The molecule has 0 spiro atoms. The minimum atomic E-state index is -1.02. The molecule has 84 valence electrons. The molecule has 0 saturated heterocycles. The molecule has 1 atom stereocenters. The van der Waals surface area contributed by atoms with Gasteiger partial charge in [-0.2, -0.15) is 0 Å². The highest BCUT2D eigenvalue weighted by atomic mass is 16.5. The Balaban J connectivity index is 2.42. The van der Waals surface area contributed by atoms with Crippen LogP contribution in [0.5, 0.6) is 0 Å². The lowest BCUT2D eigenvalue weighted by Gasteiger charge is -1.99. The summed E-state index contributed by atoms with van der Waals surface area (Å²) in [5, 5.41) is 15.9. The van der Waals surface area contributed by atoms with Crippen LogP contribution in [-0.2, 0) is 16.1 Å². The van der Waals surface area contributed by atoms with Gasteiger partial charge >= 0.3 is 5.97 Å². The van der Waals surface area contributed by atoms with Gasteiger partial charge in [0.25, 0.3) is 0 Å². The molecular weight excluding hydrogens is 200 g/mol. The third kappa shape index (κ3) is 3.67. The van der Waals surface area contributed by atoms with Crippen molar-refractivity contribution in [1.82, 2.24) is 10.2 Å². The van der Waals surface area contributed by atoms with E-state index in [1.165, 1.54) is 0 Å². The monoisotopic (exact) mass is 214 g/mol. The average molecular weight is 214 g/mol. The van der Waals surface area contributed by atoms with Gasteiger partial charge in [0, 0.05) is 5.92 Å². The van der Waals surface area contributed by atoms with Crippen molar-refractivity contribution < 1.29 is 19.1 Å². The summed E-state index contributed by atoms with van der Waals surface area (Å²) in [7, 11) is 0. The maximum atomic E-state index is 10.2. The molecule has 0 aliphatic rings. The third-order valence-corrected chi connectivity index (χ3v) is 1.97. The highest BCUT2D eigenvalue weighted by Crippen LogP contribution is 2.16. The maximum absolute atomic E-state index is 10.2. The Labute approximate surface area is 87.3 Å². The summed E-state index contributed by atoms with van der Waals surface area (Å²) in [5.41, 5.74) is 0. The third-order valence-electron chi connectivity index (χ3n) is 1.97. The zero-order valence-corrected chi connectivity index (χ0v) is 8.77. The lowest BCUT2D eigenvalue weighted by atomic mass is 10.1. The zero-order chi connectivity index (χ0) is 11.3. The Kier molecular flexibility index (Phi) is 4.23. The van der Waals surface area contributed by atoms with E-state index >= 15 is 0 Å². The molecular formula is C9H14N2O4. The number of carboxylic acids is 1. The Morgan fingerprint density at radius 3 is 2.93 bits per heavy atom. The molecule has 0 aromatic carbocycles. The second kappa shape index (κ2) is 5.45. The molecule has 0 aliphatic carbocycles. The molecule has 6 heteroatoms. The molecule has 0 bridgehead atoms. The van der Waals surface area contributed by atoms with Gasteiger partial charge < -0.3 is 14.3 Å². The summed E-state index contributed by atoms with van der Waals surface area (Å²) >= 11 is 0. The van der Waals surface area contributed by atoms with E-state index in [2.05, 4.69) is 10.2 Å². The number of carboxylic acid groups (broad SMARTS) is 1. The molecule has 0 amide bonds. The van der Waals surface area contributed by atoms with E-state index in [9.17, 15) is 4.79 Å². The molecule has 1 aromatic rings. The topological polar surface area (TPSA) is 85.5 Å². The molecule has 0 radical (unpaired) electrons. The number of nitrogens with zero attached hydrogens (tertiary/aromatic N) is 2. The first-order chi connectivity index (χ1) is 7.13. The number of hydrogen-bond donors (Lipinski definition) is 1. The predicted octanol–water partition coefficient (Wildman–Crippen LogP) is 1.18. The van der Waals surface area contributed by atoms with Gasteiger partial charge in [-0.1, -0.05) is 13.8 Å². The Hall–Kier alpha value is -1.43. The molecule has 1 unspecified atom stereocenters. The zero-order valence-electron chi connectivity index (χ0n) is 8.77. The largest absolute Gasteiger partial charge is 0.480 e. The molecule has 1 N–H and O–H groups in total. The van der Waals surface area contributed by atoms with Gasteiger partial charge in [-0.15, -0.1) is 10.2 Å². The van der Waals surface area contributed by atoms with Crippen LogP contribution in [-0.4, -0.2) is 27.9 Å². The molecule has 1 rings (SSSR count). The minimum absolute atomic E-state index is 0.0374. The van der Waals surface area contributed by atoms with Gasteiger partial charge in [0.15, 0.2) is 0 Å². The van der Waals surface area contributed by atoms with Crippen LogP contribution in [0.4, 0.5) is 0 Å². The van der Waals surface area contributed by atoms with E-state index < -0.39 is 5.97 Å². The van der Waals surface area contributed by atoms with E-state index in [0.717, 1.165) is 6.42 Å². The van der Waals surface area contributed by atoms with Crippen LogP contribution in [0.3, 0.4) is 0 Å². The molecule has 0 aliphatic heterocycles. The number of rotatable bonds is 6. The van der Waals surface area contributed by atoms with Gasteiger partial charge in [0.1, 0.15) is 13.2 Å². The van der Waals surface area contributed by atoms with Gasteiger partial charge in [-0.25, -0.2) is 4.79 Å². The highest BCUT2D eigenvalue weighted by Gasteiger charge is 2.12. The number of ether oxygens (including phenoxy) is 1. The quantitative estimate of drug-likeness (QED) is 0.765. The van der Waals surface area contributed by atoms with Crippen LogP contribution in [0, 0.1) is 0 Å². The Bertz CT molecular complexity index is 324. The normalized spacial score (nSPS) is 12.7. The molecule has 0 fully saturated rings. The second-order valence-corrected chi connectivity index (χ2v) is 3.23. The summed E-state index contributed by atoms with van der Waals surface area (Å²) in [6.07, 6.45) is 0.914. The van der Waals surface area contributed by atoms with Gasteiger partial charge in [-0.3, -0.25) is 0 Å². The molecule has 0 saturated carbocycles. The lowest BCUT2D eigenvalue weighted by molar-refractivity contribution is -0.142. The van der Waals surface area contributed by atoms with E-state index in [0.29, 0.717) is 11.8 Å². The van der Waals surface area contributed by atoms with Crippen LogP contribution >= 0.6 is 0 Å².